The predicted octanol–water partition coefficient (Wildman–Crippen LogP) is 2.83. The van der Waals surface area contributed by atoms with Crippen LogP contribution in [0.5, 0.6) is 11.5 Å². The van der Waals surface area contributed by atoms with E-state index in [4.69, 9.17) is 14.2 Å². The van der Waals surface area contributed by atoms with Crippen molar-refractivity contribution in [3.8, 4) is 11.5 Å². The number of fused-ring (bicyclic) bond motifs is 1. The van der Waals surface area contributed by atoms with E-state index in [1.54, 1.807) is 36.5 Å². The van der Waals surface area contributed by atoms with Gasteiger partial charge in [-0.1, -0.05) is 0 Å². The number of carbonyl (C=O) groups is 1. The summed E-state index contributed by atoms with van der Waals surface area (Å²) in [6, 6.07) is 9.59. The summed E-state index contributed by atoms with van der Waals surface area (Å²) < 4.78 is 17.7. The largest absolute Gasteiger partial charge is 0.497 e. The molecule has 2 heterocycles. The normalized spacial score (nSPS) is 10.6. The van der Waals surface area contributed by atoms with Gasteiger partial charge in [-0.25, -0.2) is 9.78 Å². The van der Waals surface area contributed by atoms with Crippen LogP contribution in [0.2, 0.25) is 0 Å². The predicted molar refractivity (Wildman–Crippen MR) is 97.8 cm³/mol. The van der Waals surface area contributed by atoms with Gasteiger partial charge in [-0.15, -0.1) is 0 Å². The highest BCUT2D eigenvalue weighted by Gasteiger charge is 2.15. The van der Waals surface area contributed by atoms with E-state index < -0.39 is 5.97 Å². The van der Waals surface area contributed by atoms with Crippen LogP contribution in [0.1, 0.15) is 16.1 Å². The maximum Gasteiger partial charge on any atom is 0.342 e. The monoisotopic (exact) mass is 418 g/mol. The molecule has 134 valence electrons. The molecule has 0 unspecified atom stereocenters. The van der Waals surface area contributed by atoms with Gasteiger partial charge >= 0.3 is 5.97 Å². The van der Waals surface area contributed by atoms with Crippen LogP contribution in [0.25, 0.3) is 5.65 Å². The molecule has 0 amide bonds. The molecule has 8 heteroatoms. The Labute approximate surface area is 157 Å². The first-order chi connectivity index (χ1) is 12.5. The van der Waals surface area contributed by atoms with Gasteiger partial charge in [0.25, 0.3) is 5.56 Å². The average Bonchev–Trinajstić information content (AvgIpc) is 2.66. The number of esters is 1. The van der Waals surface area contributed by atoms with Gasteiger partial charge in [0.05, 0.1) is 19.9 Å². The molecule has 0 bridgehead atoms. The summed E-state index contributed by atoms with van der Waals surface area (Å²) in [7, 11) is 2.98. The molecule has 0 radical (unpaired) electrons. The van der Waals surface area contributed by atoms with Gasteiger partial charge in [0.2, 0.25) is 0 Å². The van der Waals surface area contributed by atoms with Gasteiger partial charge in [-0.05, 0) is 40.2 Å². The lowest BCUT2D eigenvalue weighted by Crippen LogP contribution is -2.16. The minimum Gasteiger partial charge on any atom is -0.497 e. The zero-order valence-corrected chi connectivity index (χ0v) is 15.6. The summed E-state index contributed by atoms with van der Waals surface area (Å²) in [4.78, 5) is 28.8. The van der Waals surface area contributed by atoms with Crippen molar-refractivity contribution in [2.75, 3.05) is 14.2 Å². The van der Waals surface area contributed by atoms with Gasteiger partial charge < -0.3 is 14.2 Å². The molecular weight excluding hydrogens is 404 g/mol. The highest BCUT2D eigenvalue weighted by molar-refractivity contribution is 9.10. The van der Waals surface area contributed by atoms with E-state index >= 15 is 0 Å². The van der Waals surface area contributed by atoms with Crippen LogP contribution in [0, 0.1) is 0 Å². The highest BCUT2D eigenvalue weighted by atomic mass is 79.9. The fourth-order valence-electron chi connectivity index (χ4n) is 2.38. The average molecular weight is 419 g/mol. The number of hydrogen-bond acceptors (Lipinski definition) is 6. The molecule has 0 saturated carbocycles. The molecule has 0 aliphatic rings. The first-order valence-electron chi connectivity index (χ1n) is 7.59. The minimum atomic E-state index is -0.581. The van der Waals surface area contributed by atoms with E-state index in [1.165, 1.54) is 24.7 Å². The second kappa shape index (κ2) is 7.57. The lowest BCUT2D eigenvalue weighted by molar-refractivity contribution is 0.0464. The van der Waals surface area contributed by atoms with E-state index in [0.29, 0.717) is 22.8 Å². The van der Waals surface area contributed by atoms with Crippen LogP contribution < -0.4 is 15.0 Å². The molecule has 3 rings (SSSR count). The second-order valence-corrected chi connectivity index (χ2v) is 6.22. The first-order valence-corrected chi connectivity index (χ1v) is 8.38. The summed E-state index contributed by atoms with van der Waals surface area (Å²) in [6.45, 7) is -0.129. The quantitative estimate of drug-likeness (QED) is 0.592. The van der Waals surface area contributed by atoms with Crippen molar-refractivity contribution in [3.63, 3.8) is 0 Å². The Morgan fingerprint density at radius 2 is 1.96 bits per heavy atom. The molecule has 0 spiro atoms. The van der Waals surface area contributed by atoms with Gasteiger partial charge in [-0.2, -0.15) is 0 Å². The molecule has 26 heavy (non-hydrogen) atoms. The summed E-state index contributed by atoms with van der Waals surface area (Å²) in [5.41, 5.74) is 0.825. The first kappa shape index (κ1) is 17.9. The van der Waals surface area contributed by atoms with E-state index in [-0.39, 0.29) is 17.7 Å². The fourth-order valence-corrected chi connectivity index (χ4v) is 2.72. The lowest BCUT2D eigenvalue weighted by atomic mass is 10.2. The molecule has 0 saturated heterocycles. The molecule has 0 atom stereocenters. The molecule has 7 nitrogen and oxygen atoms in total. The van der Waals surface area contributed by atoms with E-state index in [1.807, 2.05) is 0 Å². The van der Waals surface area contributed by atoms with Crippen molar-refractivity contribution in [3.05, 3.63) is 68.7 Å². The smallest absolute Gasteiger partial charge is 0.342 e. The number of ether oxygens (including phenoxy) is 3. The van der Waals surface area contributed by atoms with Crippen molar-refractivity contribution in [1.29, 1.82) is 0 Å². The minimum absolute atomic E-state index is 0.129. The Balaban J connectivity index is 1.81. The third-order valence-corrected chi connectivity index (χ3v) is 4.13. The van der Waals surface area contributed by atoms with Crippen LogP contribution in [0.15, 0.2) is 51.9 Å². The SMILES string of the molecule is COc1ccc(C(=O)OCc2cc(=O)n3cc(Br)ccc3n2)c(OC)c1. The number of hydrogen-bond donors (Lipinski definition) is 0. The van der Waals surface area contributed by atoms with Gasteiger partial charge in [0.1, 0.15) is 29.3 Å². The molecule has 0 aliphatic heterocycles. The second-order valence-electron chi connectivity index (χ2n) is 5.30. The van der Waals surface area contributed by atoms with Crippen molar-refractivity contribution in [1.82, 2.24) is 9.38 Å². The zero-order valence-electron chi connectivity index (χ0n) is 14.1. The van der Waals surface area contributed by atoms with Crippen LogP contribution in [-0.4, -0.2) is 29.6 Å². The van der Waals surface area contributed by atoms with Crippen molar-refractivity contribution in [2.45, 2.75) is 6.61 Å². The Morgan fingerprint density at radius 1 is 1.15 bits per heavy atom. The summed E-state index contributed by atoms with van der Waals surface area (Å²) >= 11 is 3.31. The van der Waals surface area contributed by atoms with E-state index in [0.717, 1.165) is 4.47 Å². The van der Waals surface area contributed by atoms with Gasteiger partial charge in [-0.3, -0.25) is 9.20 Å². The number of carbonyl (C=O) groups excluding carboxylic acids is 1. The van der Waals surface area contributed by atoms with Crippen molar-refractivity contribution in [2.24, 2.45) is 0 Å². The molecule has 3 aromatic rings. The number of methoxy groups -OCH3 is 2. The van der Waals surface area contributed by atoms with E-state index in [2.05, 4.69) is 20.9 Å². The third kappa shape index (κ3) is 3.70. The summed E-state index contributed by atoms with van der Waals surface area (Å²) in [6.07, 6.45) is 1.63. The Morgan fingerprint density at radius 3 is 2.69 bits per heavy atom. The molecule has 0 fully saturated rings. The van der Waals surface area contributed by atoms with Crippen LogP contribution in [0.4, 0.5) is 0 Å². The number of pyridine rings is 1. The fraction of sp³-hybridized carbons (Fsp3) is 0.167. The third-order valence-electron chi connectivity index (χ3n) is 3.66. The molecule has 0 N–H and O–H groups in total. The van der Waals surface area contributed by atoms with Gasteiger partial charge in [0, 0.05) is 22.8 Å². The Hall–Kier alpha value is -2.87. The number of nitrogens with zero attached hydrogens (tertiary/aromatic N) is 2. The van der Waals surface area contributed by atoms with E-state index in [9.17, 15) is 9.59 Å². The topological polar surface area (TPSA) is 79.1 Å². The Kier molecular flexibility index (Phi) is 5.22. The maximum absolute atomic E-state index is 12.3. The number of benzene rings is 1. The molecule has 1 aromatic carbocycles. The number of halogens is 1. The number of rotatable bonds is 5. The molecular formula is C18H15BrN2O5. The van der Waals surface area contributed by atoms with Crippen LogP contribution in [0.3, 0.4) is 0 Å². The molecule has 0 aliphatic carbocycles. The summed E-state index contributed by atoms with van der Waals surface area (Å²) in [5, 5.41) is 0. The van der Waals surface area contributed by atoms with Gasteiger partial charge in [0.15, 0.2) is 0 Å². The summed E-state index contributed by atoms with van der Waals surface area (Å²) in [5.74, 6) is 0.321. The highest BCUT2D eigenvalue weighted by Crippen LogP contribution is 2.25. The van der Waals surface area contributed by atoms with Crippen LogP contribution in [-0.2, 0) is 11.3 Å². The standard InChI is InChI=1S/C18H15BrN2O5/c1-24-13-4-5-14(15(8-13)25-2)18(23)26-10-12-7-17(22)21-9-11(19)3-6-16(21)20-12/h3-9H,10H2,1-2H3. The van der Waals surface area contributed by atoms with Crippen LogP contribution >= 0.6 is 15.9 Å². The van der Waals surface area contributed by atoms with Crippen molar-refractivity contribution >= 4 is 27.5 Å². The molecule has 2 aromatic heterocycles. The number of aromatic nitrogens is 2. The lowest BCUT2D eigenvalue weighted by Gasteiger charge is -2.10. The maximum atomic E-state index is 12.3. The Bertz CT molecular complexity index is 1030. The zero-order chi connectivity index (χ0) is 18.7. The van der Waals surface area contributed by atoms with Crippen molar-refractivity contribution < 1.29 is 19.0 Å².